The first-order valence-electron chi connectivity index (χ1n) is 8.71. The van der Waals surface area contributed by atoms with Crippen molar-refractivity contribution >= 4 is 10.9 Å². The van der Waals surface area contributed by atoms with E-state index in [-0.39, 0.29) is 0 Å². The number of rotatable bonds is 5. The largest absolute Gasteiger partial charge is 0.493 e. The van der Waals surface area contributed by atoms with E-state index in [1.165, 1.54) is 0 Å². The van der Waals surface area contributed by atoms with Gasteiger partial charge in [-0.25, -0.2) is 15.0 Å². The maximum absolute atomic E-state index is 5.43. The van der Waals surface area contributed by atoms with Crippen molar-refractivity contribution in [2.75, 3.05) is 21.3 Å². The quantitative estimate of drug-likeness (QED) is 0.517. The number of hydrogen-bond acceptors (Lipinski definition) is 6. The first kappa shape index (κ1) is 17.7. The molecule has 2 heterocycles. The standard InChI is InChI=1S/C22H19N3O3/c1-26-19-7-5-15(11-20(19)27-2)14-4-6-18-17(10-14)22(25-13-24-18)16-8-9-23-21(12-16)28-3/h4-13H,1-3H3. The van der Waals surface area contributed by atoms with Gasteiger partial charge in [0.25, 0.3) is 0 Å². The highest BCUT2D eigenvalue weighted by molar-refractivity contribution is 5.95. The molecule has 0 radical (unpaired) electrons. The summed E-state index contributed by atoms with van der Waals surface area (Å²) in [6.45, 7) is 0. The molecule has 0 spiro atoms. The van der Waals surface area contributed by atoms with Gasteiger partial charge in [0.2, 0.25) is 5.88 Å². The number of nitrogens with zero attached hydrogens (tertiary/aromatic N) is 3. The van der Waals surface area contributed by atoms with Crippen molar-refractivity contribution < 1.29 is 14.2 Å². The number of aromatic nitrogens is 3. The molecule has 2 aromatic heterocycles. The molecule has 0 fully saturated rings. The molecular weight excluding hydrogens is 354 g/mol. The Hall–Kier alpha value is -3.67. The van der Waals surface area contributed by atoms with E-state index in [4.69, 9.17) is 14.2 Å². The average molecular weight is 373 g/mol. The number of hydrogen-bond donors (Lipinski definition) is 0. The van der Waals surface area contributed by atoms with Gasteiger partial charge >= 0.3 is 0 Å². The minimum atomic E-state index is 0.542. The minimum absolute atomic E-state index is 0.542. The van der Waals surface area contributed by atoms with E-state index in [1.807, 2.05) is 42.5 Å². The molecule has 6 nitrogen and oxygen atoms in total. The molecule has 0 aliphatic rings. The third kappa shape index (κ3) is 3.20. The van der Waals surface area contributed by atoms with Crippen LogP contribution in [0, 0.1) is 0 Å². The molecule has 2 aromatic carbocycles. The van der Waals surface area contributed by atoms with E-state index in [2.05, 4.69) is 21.0 Å². The third-order valence-corrected chi connectivity index (χ3v) is 4.57. The Morgan fingerprint density at radius 2 is 1.43 bits per heavy atom. The molecule has 0 saturated carbocycles. The monoisotopic (exact) mass is 373 g/mol. The zero-order valence-corrected chi connectivity index (χ0v) is 15.8. The third-order valence-electron chi connectivity index (χ3n) is 4.57. The Balaban J connectivity index is 1.87. The number of benzene rings is 2. The van der Waals surface area contributed by atoms with Crippen LogP contribution in [0.5, 0.6) is 17.4 Å². The van der Waals surface area contributed by atoms with Crippen LogP contribution < -0.4 is 14.2 Å². The van der Waals surface area contributed by atoms with Crippen LogP contribution in [-0.4, -0.2) is 36.3 Å². The summed E-state index contributed by atoms with van der Waals surface area (Å²) in [7, 11) is 4.85. The van der Waals surface area contributed by atoms with E-state index >= 15 is 0 Å². The summed E-state index contributed by atoms with van der Waals surface area (Å²) in [5, 5.41) is 0.947. The maximum atomic E-state index is 5.43. The second-order valence-electron chi connectivity index (χ2n) is 6.11. The van der Waals surface area contributed by atoms with Crippen LogP contribution >= 0.6 is 0 Å². The lowest BCUT2D eigenvalue weighted by molar-refractivity contribution is 0.355. The minimum Gasteiger partial charge on any atom is -0.493 e. The lowest BCUT2D eigenvalue weighted by Crippen LogP contribution is -1.93. The summed E-state index contributed by atoms with van der Waals surface area (Å²) < 4.78 is 16.0. The summed E-state index contributed by atoms with van der Waals surface area (Å²) in [6.07, 6.45) is 3.28. The predicted octanol–water partition coefficient (Wildman–Crippen LogP) is 4.38. The van der Waals surface area contributed by atoms with Crippen LogP contribution in [0.2, 0.25) is 0 Å². The van der Waals surface area contributed by atoms with Gasteiger partial charge in [0, 0.05) is 23.2 Å². The van der Waals surface area contributed by atoms with Gasteiger partial charge in [-0.05, 0) is 41.5 Å². The molecule has 0 amide bonds. The van der Waals surface area contributed by atoms with Gasteiger partial charge in [-0.15, -0.1) is 0 Å². The van der Waals surface area contributed by atoms with Crippen molar-refractivity contribution in [2.24, 2.45) is 0 Å². The van der Waals surface area contributed by atoms with E-state index in [0.29, 0.717) is 17.4 Å². The number of pyridine rings is 1. The summed E-state index contributed by atoms with van der Waals surface area (Å²) in [4.78, 5) is 13.1. The zero-order valence-electron chi connectivity index (χ0n) is 15.8. The number of methoxy groups -OCH3 is 3. The molecule has 140 valence electrons. The van der Waals surface area contributed by atoms with Gasteiger partial charge < -0.3 is 14.2 Å². The van der Waals surface area contributed by atoms with Crippen LogP contribution in [0.4, 0.5) is 0 Å². The van der Waals surface area contributed by atoms with Gasteiger partial charge in [0.15, 0.2) is 11.5 Å². The predicted molar refractivity (Wildman–Crippen MR) is 108 cm³/mol. The van der Waals surface area contributed by atoms with Gasteiger partial charge in [-0.3, -0.25) is 0 Å². The van der Waals surface area contributed by atoms with E-state index < -0.39 is 0 Å². The first-order valence-corrected chi connectivity index (χ1v) is 8.71. The maximum Gasteiger partial charge on any atom is 0.213 e. The number of ether oxygens (including phenoxy) is 3. The van der Waals surface area contributed by atoms with Crippen molar-refractivity contribution in [1.82, 2.24) is 15.0 Å². The fourth-order valence-corrected chi connectivity index (χ4v) is 3.15. The highest BCUT2D eigenvalue weighted by Crippen LogP contribution is 2.35. The summed E-state index contributed by atoms with van der Waals surface area (Å²) >= 11 is 0. The Kier molecular flexibility index (Phi) is 4.76. The Morgan fingerprint density at radius 1 is 0.643 bits per heavy atom. The van der Waals surface area contributed by atoms with Crippen LogP contribution in [0.15, 0.2) is 61.1 Å². The SMILES string of the molecule is COc1cc(-c2ncnc3ccc(-c4ccc(OC)c(OC)c4)cc23)ccn1. The van der Waals surface area contributed by atoms with Crippen molar-refractivity contribution in [3.05, 3.63) is 61.1 Å². The fraction of sp³-hybridized carbons (Fsp3) is 0.136. The van der Waals surface area contributed by atoms with Gasteiger partial charge in [-0.1, -0.05) is 12.1 Å². The summed E-state index contributed by atoms with van der Waals surface area (Å²) in [6, 6.07) is 15.7. The molecule has 0 aliphatic carbocycles. The lowest BCUT2D eigenvalue weighted by atomic mass is 10.0. The summed E-state index contributed by atoms with van der Waals surface area (Å²) in [5.74, 6) is 1.92. The topological polar surface area (TPSA) is 66.4 Å². The highest BCUT2D eigenvalue weighted by atomic mass is 16.5. The van der Waals surface area contributed by atoms with Crippen molar-refractivity contribution in [3.8, 4) is 39.8 Å². The molecule has 6 heteroatoms. The normalized spacial score (nSPS) is 10.7. The second kappa shape index (κ2) is 7.52. The molecule has 0 saturated heterocycles. The molecule has 0 aliphatic heterocycles. The van der Waals surface area contributed by atoms with Crippen LogP contribution in [0.3, 0.4) is 0 Å². The molecule has 0 unspecified atom stereocenters. The molecular formula is C22H19N3O3. The number of fused-ring (bicyclic) bond motifs is 1. The Bertz CT molecular complexity index is 1140. The molecule has 28 heavy (non-hydrogen) atoms. The smallest absolute Gasteiger partial charge is 0.213 e. The summed E-state index contributed by atoms with van der Waals surface area (Å²) in [5.41, 5.74) is 4.66. The van der Waals surface area contributed by atoms with Crippen molar-refractivity contribution in [3.63, 3.8) is 0 Å². The van der Waals surface area contributed by atoms with Crippen LogP contribution in [0.1, 0.15) is 0 Å². The Morgan fingerprint density at radius 3 is 2.21 bits per heavy atom. The van der Waals surface area contributed by atoms with Crippen molar-refractivity contribution in [1.29, 1.82) is 0 Å². The van der Waals surface area contributed by atoms with Crippen molar-refractivity contribution in [2.45, 2.75) is 0 Å². The molecule has 0 N–H and O–H groups in total. The van der Waals surface area contributed by atoms with E-state index in [9.17, 15) is 0 Å². The molecule has 0 atom stereocenters. The van der Waals surface area contributed by atoms with Crippen LogP contribution in [-0.2, 0) is 0 Å². The average Bonchev–Trinajstić information content (AvgIpc) is 2.77. The van der Waals surface area contributed by atoms with Gasteiger partial charge in [-0.2, -0.15) is 0 Å². The van der Waals surface area contributed by atoms with Crippen LogP contribution in [0.25, 0.3) is 33.3 Å². The Labute approximate surface area is 162 Å². The fourth-order valence-electron chi connectivity index (χ4n) is 3.15. The molecule has 0 bridgehead atoms. The zero-order chi connectivity index (χ0) is 19.5. The molecule has 4 aromatic rings. The lowest BCUT2D eigenvalue weighted by Gasteiger charge is -2.11. The van der Waals surface area contributed by atoms with Gasteiger partial charge in [0.1, 0.15) is 6.33 Å². The van der Waals surface area contributed by atoms with E-state index in [1.54, 1.807) is 33.9 Å². The van der Waals surface area contributed by atoms with Gasteiger partial charge in [0.05, 0.1) is 32.5 Å². The first-order chi connectivity index (χ1) is 13.7. The molecule has 4 rings (SSSR count). The highest BCUT2D eigenvalue weighted by Gasteiger charge is 2.11. The second-order valence-corrected chi connectivity index (χ2v) is 6.11. The van der Waals surface area contributed by atoms with E-state index in [0.717, 1.165) is 33.3 Å².